The number of hydrogen-bond acceptors (Lipinski definition) is 13. The van der Waals surface area contributed by atoms with Crippen LogP contribution in [0, 0.1) is 11.8 Å². The average Bonchev–Trinajstić information content (AvgIpc) is 3.33. The van der Waals surface area contributed by atoms with E-state index in [-0.39, 0.29) is 54.7 Å². The number of phenolic OH excluding ortho intramolecular Hbond substituents is 1. The summed E-state index contributed by atoms with van der Waals surface area (Å²) in [5, 5.41) is 69.6. The highest BCUT2D eigenvalue weighted by atomic mass is 16.7. The van der Waals surface area contributed by atoms with E-state index in [1.165, 1.54) is 14.2 Å². The fraction of sp³-hybridized carbons (Fsp3) is 0.552. The van der Waals surface area contributed by atoms with Gasteiger partial charge in [0.15, 0.2) is 23.0 Å². The van der Waals surface area contributed by atoms with Crippen LogP contribution in [-0.2, 0) is 27.1 Å². The first-order chi connectivity index (χ1) is 20.1. The van der Waals surface area contributed by atoms with E-state index in [4.69, 9.17) is 23.7 Å². The van der Waals surface area contributed by atoms with E-state index in [9.17, 15) is 40.5 Å². The Balaban J connectivity index is 1.51. The molecule has 2 saturated heterocycles. The highest BCUT2D eigenvalue weighted by molar-refractivity contribution is 5.75. The van der Waals surface area contributed by atoms with Gasteiger partial charge in [0.25, 0.3) is 0 Å². The lowest BCUT2D eigenvalue weighted by Crippen LogP contribution is -2.60. The summed E-state index contributed by atoms with van der Waals surface area (Å²) in [5.74, 6) is -1.35. The molecule has 0 aromatic heterocycles. The molecular formula is C29H38O13. The third kappa shape index (κ3) is 6.57. The molecule has 2 heterocycles. The molecule has 2 aromatic rings. The fourth-order valence-electron chi connectivity index (χ4n) is 5.37. The zero-order valence-electron chi connectivity index (χ0n) is 23.3. The second kappa shape index (κ2) is 13.9. The molecule has 0 bridgehead atoms. The maximum absolute atomic E-state index is 12.7. The number of ether oxygens (including phenoxy) is 5. The third-order valence-electron chi connectivity index (χ3n) is 7.85. The van der Waals surface area contributed by atoms with Crippen molar-refractivity contribution in [2.24, 2.45) is 11.8 Å². The smallest absolute Gasteiger partial charge is 0.309 e. The number of esters is 1. The molecule has 7 atom stereocenters. The summed E-state index contributed by atoms with van der Waals surface area (Å²) in [6.07, 6.45) is -6.53. The van der Waals surface area contributed by atoms with Crippen LogP contribution in [0.4, 0.5) is 0 Å². The van der Waals surface area contributed by atoms with Crippen LogP contribution in [0.5, 0.6) is 23.0 Å². The monoisotopic (exact) mass is 594 g/mol. The largest absolute Gasteiger partial charge is 0.504 e. The molecule has 3 unspecified atom stereocenters. The van der Waals surface area contributed by atoms with Crippen molar-refractivity contribution in [3.63, 3.8) is 0 Å². The van der Waals surface area contributed by atoms with E-state index in [0.717, 1.165) is 11.1 Å². The van der Waals surface area contributed by atoms with Gasteiger partial charge in [-0.15, -0.1) is 0 Å². The number of hydrogen-bond donors (Lipinski definition) is 7. The molecule has 2 fully saturated rings. The molecule has 0 amide bonds. The quantitative estimate of drug-likeness (QED) is 0.151. The van der Waals surface area contributed by atoms with Crippen molar-refractivity contribution in [1.29, 1.82) is 0 Å². The zero-order chi connectivity index (χ0) is 30.6. The number of carbonyl (C=O) groups excluding carboxylic acids is 1. The summed E-state index contributed by atoms with van der Waals surface area (Å²) in [5.41, 5.74) is 1.81. The Bertz CT molecular complexity index is 1210. The Morgan fingerprint density at radius 1 is 0.881 bits per heavy atom. The maximum Gasteiger partial charge on any atom is 0.309 e. The first kappa shape index (κ1) is 31.8. The Kier molecular flexibility index (Phi) is 10.5. The van der Waals surface area contributed by atoms with Gasteiger partial charge in [0, 0.05) is 17.4 Å². The lowest BCUT2D eigenvalue weighted by Gasteiger charge is -2.39. The van der Waals surface area contributed by atoms with Crippen LogP contribution in [0.25, 0.3) is 0 Å². The van der Waals surface area contributed by atoms with Gasteiger partial charge in [-0.05, 0) is 42.2 Å². The Hall–Kier alpha value is -3.17. The number of aliphatic hydroxyl groups is 6. The summed E-state index contributed by atoms with van der Waals surface area (Å²) in [7, 11) is 2.81. The molecule has 0 radical (unpaired) electrons. The summed E-state index contributed by atoms with van der Waals surface area (Å²) >= 11 is 0. The number of carbonyl (C=O) groups is 1. The van der Waals surface area contributed by atoms with Crippen molar-refractivity contribution in [2.45, 2.75) is 49.5 Å². The van der Waals surface area contributed by atoms with Gasteiger partial charge in [-0.25, -0.2) is 0 Å². The average molecular weight is 595 g/mol. The van der Waals surface area contributed by atoms with Crippen molar-refractivity contribution in [1.82, 2.24) is 0 Å². The molecule has 13 heteroatoms. The predicted octanol–water partition coefficient (Wildman–Crippen LogP) is -0.769. The predicted molar refractivity (Wildman–Crippen MR) is 144 cm³/mol. The van der Waals surface area contributed by atoms with Gasteiger partial charge in [0.05, 0.1) is 46.6 Å². The number of aliphatic hydroxyl groups excluding tert-OH is 6. The second-order valence-corrected chi connectivity index (χ2v) is 10.5. The van der Waals surface area contributed by atoms with Gasteiger partial charge in [-0.1, -0.05) is 12.1 Å². The molecule has 4 rings (SSSR count). The molecule has 42 heavy (non-hydrogen) atoms. The van der Waals surface area contributed by atoms with Crippen molar-refractivity contribution in [3.05, 3.63) is 47.0 Å². The van der Waals surface area contributed by atoms with Crippen molar-refractivity contribution in [2.75, 3.05) is 40.6 Å². The Labute approximate surface area is 242 Å². The fourth-order valence-corrected chi connectivity index (χ4v) is 5.37. The third-order valence-corrected chi connectivity index (χ3v) is 7.85. The molecule has 7 N–H and O–H groups in total. The molecule has 0 spiro atoms. The van der Waals surface area contributed by atoms with Gasteiger partial charge in [0.1, 0.15) is 24.4 Å². The van der Waals surface area contributed by atoms with Gasteiger partial charge in [-0.3, -0.25) is 4.79 Å². The van der Waals surface area contributed by atoms with Crippen LogP contribution in [0.1, 0.15) is 22.6 Å². The highest BCUT2D eigenvalue weighted by Crippen LogP contribution is 2.39. The molecule has 13 nitrogen and oxygen atoms in total. The number of phenols is 1. The lowest BCUT2D eigenvalue weighted by molar-refractivity contribution is -0.277. The van der Waals surface area contributed by atoms with Crippen LogP contribution in [0.2, 0.25) is 0 Å². The number of benzene rings is 2. The molecule has 2 aromatic carbocycles. The van der Waals surface area contributed by atoms with Crippen LogP contribution >= 0.6 is 0 Å². The van der Waals surface area contributed by atoms with E-state index < -0.39 is 49.1 Å². The lowest BCUT2D eigenvalue weighted by atomic mass is 9.84. The summed E-state index contributed by atoms with van der Waals surface area (Å²) in [6, 6.07) is 8.27. The molecule has 0 aliphatic carbocycles. The molecule has 2 aliphatic rings. The normalized spacial score (nSPS) is 27.6. The second-order valence-electron chi connectivity index (χ2n) is 10.5. The van der Waals surface area contributed by atoms with E-state index >= 15 is 0 Å². The number of rotatable bonds is 12. The zero-order valence-corrected chi connectivity index (χ0v) is 23.3. The van der Waals surface area contributed by atoms with Crippen LogP contribution in [0.3, 0.4) is 0 Å². The van der Waals surface area contributed by atoms with Gasteiger partial charge in [-0.2, -0.15) is 0 Å². The van der Waals surface area contributed by atoms with Gasteiger partial charge >= 0.3 is 5.97 Å². The number of aromatic hydroxyl groups is 1. The standard InChI is InChI=1S/C29H38O13/c1-38-21-8-14(3-4-20(21)41-29-27(36)26(35)25(34)23(12-32)42-29)6-19-16(13-40-28(19)37)5-15-7-18(17(10-30)11-31)24(33)22(9-15)39-2/h3-4,7-9,16-17,19,23,25-27,29-36H,5-6,10-13H2,1-2H3/t16?,19?,23-,25-,26+,27-,29?/m1/s1. The Morgan fingerprint density at radius 2 is 1.57 bits per heavy atom. The van der Waals surface area contributed by atoms with Gasteiger partial charge < -0.3 is 59.4 Å². The minimum Gasteiger partial charge on any atom is -0.504 e. The van der Waals surface area contributed by atoms with Gasteiger partial charge in [0.2, 0.25) is 6.29 Å². The van der Waals surface area contributed by atoms with Crippen LogP contribution in [0.15, 0.2) is 30.3 Å². The molecule has 0 saturated carbocycles. The summed E-state index contributed by atoms with van der Waals surface area (Å²) in [4.78, 5) is 12.7. The first-order valence-corrected chi connectivity index (χ1v) is 13.6. The summed E-state index contributed by atoms with van der Waals surface area (Å²) in [6.45, 7) is -1.16. The first-order valence-electron chi connectivity index (χ1n) is 13.6. The Morgan fingerprint density at radius 3 is 2.21 bits per heavy atom. The van der Waals surface area contributed by atoms with E-state index in [2.05, 4.69) is 0 Å². The van der Waals surface area contributed by atoms with Crippen molar-refractivity contribution >= 4 is 5.97 Å². The highest BCUT2D eigenvalue weighted by Gasteiger charge is 2.45. The van der Waals surface area contributed by atoms with E-state index in [1.54, 1.807) is 30.3 Å². The maximum atomic E-state index is 12.7. The van der Waals surface area contributed by atoms with Crippen molar-refractivity contribution in [3.8, 4) is 23.0 Å². The van der Waals surface area contributed by atoms with E-state index in [0.29, 0.717) is 18.4 Å². The van der Waals surface area contributed by atoms with Crippen molar-refractivity contribution < 1.29 is 64.2 Å². The van der Waals surface area contributed by atoms with E-state index in [1.807, 2.05) is 0 Å². The summed E-state index contributed by atoms with van der Waals surface area (Å²) < 4.78 is 27.3. The SMILES string of the molecule is COc1cc(CC2C(=O)OCC2Cc2cc(OC)c(O)c(C(CO)CO)c2)ccc1OC1O[C@H](CO)[C@@H](O)[C@H](O)[C@H]1O. The number of cyclic esters (lactones) is 1. The minimum atomic E-state index is -1.60. The number of methoxy groups -OCH3 is 2. The molecule has 232 valence electrons. The molecular weight excluding hydrogens is 556 g/mol. The van der Waals surface area contributed by atoms with Crippen LogP contribution < -0.4 is 14.2 Å². The minimum absolute atomic E-state index is 0.164. The molecule has 2 aliphatic heterocycles. The topological polar surface area (TPSA) is 205 Å². The van der Waals surface area contributed by atoms with Crippen LogP contribution in [-0.4, -0.2) is 113 Å².